The van der Waals surface area contributed by atoms with E-state index < -0.39 is 0 Å². The van der Waals surface area contributed by atoms with Crippen molar-refractivity contribution in [3.8, 4) is 0 Å². The Morgan fingerprint density at radius 1 is 1.44 bits per heavy atom. The molecule has 1 aliphatic heterocycles. The van der Waals surface area contributed by atoms with Gasteiger partial charge in [-0.1, -0.05) is 28.1 Å². The molecule has 1 N–H and O–H groups in total. The van der Waals surface area contributed by atoms with E-state index in [4.69, 9.17) is 0 Å². The number of likely N-dealkylation sites (tertiary alicyclic amines) is 1. The smallest absolute Gasteiger partial charge is 0.251 e. The number of carbonyl (C=O) groups is 1. The van der Waals surface area contributed by atoms with Gasteiger partial charge in [0, 0.05) is 24.0 Å². The molecule has 18 heavy (non-hydrogen) atoms. The van der Waals surface area contributed by atoms with Crippen molar-refractivity contribution in [2.24, 2.45) is 5.92 Å². The van der Waals surface area contributed by atoms with Gasteiger partial charge in [0.1, 0.15) is 0 Å². The second kappa shape index (κ2) is 6.34. The standard InChI is InChI=1S/C14H19BrN2O/c1-17-7-6-12(10-17)9-16-14(18)13-4-2-11(8-15)3-5-13/h2-5,12H,6-10H2,1H3,(H,16,18). The molecule has 2 rings (SSSR count). The predicted molar refractivity (Wildman–Crippen MR) is 77.0 cm³/mol. The summed E-state index contributed by atoms with van der Waals surface area (Å²) in [6.45, 7) is 3.01. The van der Waals surface area contributed by atoms with Gasteiger partial charge in [-0.15, -0.1) is 0 Å². The number of nitrogens with one attached hydrogen (secondary N) is 1. The van der Waals surface area contributed by atoms with Gasteiger partial charge in [0.25, 0.3) is 5.91 Å². The fraction of sp³-hybridized carbons (Fsp3) is 0.500. The fourth-order valence-corrected chi connectivity index (χ4v) is 2.65. The number of benzene rings is 1. The second-order valence-electron chi connectivity index (χ2n) is 4.96. The van der Waals surface area contributed by atoms with Crippen molar-refractivity contribution >= 4 is 21.8 Å². The molecular formula is C14H19BrN2O. The first-order valence-electron chi connectivity index (χ1n) is 6.30. The molecule has 1 heterocycles. The highest BCUT2D eigenvalue weighted by Crippen LogP contribution is 2.13. The molecule has 0 spiro atoms. The van der Waals surface area contributed by atoms with Gasteiger partial charge in [-0.25, -0.2) is 0 Å². The third-order valence-electron chi connectivity index (χ3n) is 3.41. The van der Waals surface area contributed by atoms with E-state index in [9.17, 15) is 4.79 Å². The van der Waals surface area contributed by atoms with Gasteiger partial charge in [-0.3, -0.25) is 4.79 Å². The molecule has 98 valence electrons. The van der Waals surface area contributed by atoms with Crippen LogP contribution in [0.15, 0.2) is 24.3 Å². The summed E-state index contributed by atoms with van der Waals surface area (Å²) < 4.78 is 0. The molecule has 0 radical (unpaired) electrons. The van der Waals surface area contributed by atoms with Crippen molar-refractivity contribution in [2.75, 3.05) is 26.7 Å². The zero-order valence-electron chi connectivity index (χ0n) is 10.7. The zero-order valence-corrected chi connectivity index (χ0v) is 12.2. The van der Waals surface area contributed by atoms with Crippen molar-refractivity contribution in [3.05, 3.63) is 35.4 Å². The van der Waals surface area contributed by atoms with Gasteiger partial charge in [-0.05, 0) is 43.6 Å². The average Bonchev–Trinajstić information content (AvgIpc) is 2.82. The summed E-state index contributed by atoms with van der Waals surface area (Å²) in [7, 11) is 2.13. The molecule has 1 aromatic carbocycles. The molecule has 4 heteroatoms. The molecule has 0 bridgehead atoms. The first-order chi connectivity index (χ1) is 8.69. The molecule has 1 saturated heterocycles. The Kier molecular flexibility index (Phi) is 4.78. The van der Waals surface area contributed by atoms with Crippen LogP contribution in [0, 0.1) is 5.92 Å². The van der Waals surface area contributed by atoms with Crippen molar-refractivity contribution in [3.63, 3.8) is 0 Å². The monoisotopic (exact) mass is 310 g/mol. The first kappa shape index (κ1) is 13.6. The van der Waals surface area contributed by atoms with Crippen molar-refractivity contribution in [2.45, 2.75) is 11.8 Å². The average molecular weight is 311 g/mol. The Balaban J connectivity index is 1.83. The maximum Gasteiger partial charge on any atom is 0.251 e. The highest BCUT2D eigenvalue weighted by Gasteiger charge is 2.19. The highest BCUT2D eigenvalue weighted by atomic mass is 79.9. The zero-order chi connectivity index (χ0) is 13.0. The molecule has 1 amide bonds. The Hall–Kier alpha value is -0.870. The van der Waals surface area contributed by atoms with Crippen LogP contribution in [-0.2, 0) is 5.33 Å². The topological polar surface area (TPSA) is 32.3 Å². The Labute approximate surface area is 117 Å². The van der Waals surface area contributed by atoms with Crippen LogP contribution in [0.2, 0.25) is 0 Å². The van der Waals surface area contributed by atoms with Crippen LogP contribution < -0.4 is 5.32 Å². The third kappa shape index (κ3) is 3.56. The fourth-order valence-electron chi connectivity index (χ4n) is 2.28. The molecule has 0 saturated carbocycles. The molecule has 3 nitrogen and oxygen atoms in total. The second-order valence-corrected chi connectivity index (χ2v) is 5.52. The minimum absolute atomic E-state index is 0.0330. The van der Waals surface area contributed by atoms with Crippen LogP contribution in [-0.4, -0.2) is 37.5 Å². The number of hydrogen-bond donors (Lipinski definition) is 1. The predicted octanol–water partition coefficient (Wildman–Crippen LogP) is 2.26. The number of hydrogen-bond acceptors (Lipinski definition) is 2. The van der Waals surface area contributed by atoms with Gasteiger partial charge < -0.3 is 10.2 Å². The molecule has 1 atom stereocenters. The lowest BCUT2D eigenvalue weighted by atomic mass is 10.1. The number of rotatable bonds is 4. The van der Waals surface area contributed by atoms with Crippen LogP contribution in [0.25, 0.3) is 0 Å². The van der Waals surface area contributed by atoms with E-state index >= 15 is 0 Å². The Morgan fingerprint density at radius 2 is 2.17 bits per heavy atom. The van der Waals surface area contributed by atoms with Gasteiger partial charge in [-0.2, -0.15) is 0 Å². The van der Waals surface area contributed by atoms with Crippen LogP contribution in [0.4, 0.5) is 0 Å². The summed E-state index contributed by atoms with van der Waals surface area (Å²) in [5.41, 5.74) is 1.93. The van der Waals surface area contributed by atoms with Crippen LogP contribution >= 0.6 is 15.9 Å². The minimum Gasteiger partial charge on any atom is -0.352 e. The largest absolute Gasteiger partial charge is 0.352 e. The van der Waals surface area contributed by atoms with Crippen LogP contribution in [0.3, 0.4) is 0 Å². The first-order valence-corrected chi connectivity index (χ1v) is 7.43. The number of halogens is 1. The van der Waals surface area contributed by atoms with E-state index in [0.717, 1.165) is 30.5 Å². The highest BCUT2D eigenvalue weighted by molar-refractivity contribution is 9.08. The van der Waals surface area contributed by atoms with E-state index in [0.29, 0.717) is 5.92 Å². The minimum atomic E-state index is 0.0330. The van der Waals surface area contributed by atoms with Crippen molar-refractivity contribution < 1.29 is 4.79 Å². The van der Waals surface area contributed by atoms with Crippen molar-refractivity contribution in [1.82, 2.24) is 10.2 Å². The molecule has 1 aliphatic rings. The van der Waals surface area contributed by atoms with Crippen molar-refractivity contribution in [1.29, 1.82) is 0 Å². The lowest BCUT2D eigenvalue weighted by Crippen LogP contribution is -2.30. The van der Waals surface area contributed by atoms with Crippen LogP contribution in [0.5, 0.6) is 0 Å². The summed E-state index contributed by atoms with van der Waals surface area (Å²) >= 11 is 3.39. The van der Waals surface area contributed by atoms with Crippen LogP contribution in [0.1, 0.15) is 22.3 Å². The molecule has 1 aromatic rings. The number of alkyl halides is 1. The molecule has 1 unspecified atom stereocenters. The van der Waals surface area contributed by atoms with Gasteiger partial charge in [0.15, 0.2) is 0 Å². The summed E-state index contributed by atoms with van der Waals surface area (Å²) in [6, 6.07) is 7.72. The summed E-state index contributed by atoms with van der Waals surface area (Å²) in [5.74, 6) is 0.631. The maximum atomic E-state index is 11.9. The Bertz CT molecular complexity index is 405. The van der Waals surface area contributed by atoms with E-state index in [1.807, 2.05) is 24.3 Å². The number of amides is 1. The van der Waals surface area contributed by atoms with Gasteiger partial charge in [0.05, 0.1) is 0 Å². The molecule has 0 aliphatic carbocycles. The summed E-state index contributed by atoms with van der Waals surface area (Å²) in [5, 5.41) is 3.84. The lowest BCUT2D eigenvalue weighted by molar-refractivity contribution is 0.0947. The molecule has 1 fully saturated rings. The normalized spacial score (nSPS) is 20.0. The quantitative estimate of drug-likeness (QED) is 0.865. The van der Waals surface area contributed by atoms with E-state index in [1.165, 1.54) is 12.0 Å². The van der Waals surface area contributed by atoms with E-state index in [-0.39, 0.29) is 5.91 Å². The van der Waals surface area contributed by atoms with Gasteiger partial charge >= 0.3 is 0 Å². The van der Waals surface area contributed by atoms with E-state index in [2.05, 4.69) is 33.2 Å². The maximum absolute atomic E-state index is 11.9. The number of carbonyl (C=O) groups excluding carboxylic acids is 1. The number of nitrogens with zero attached hydrogens (tertiary/aromatic N) is 1. The molecular weight excluding hydrogens is 292 g/mol. The summed E-state index contributed by atoms with van der Waals surface area (Å²) in [4.78, 5) is 14.3. The SMILES string of the molecule is CN1CCC(CNC(=O)c2ccc(CBr)cc2)C1. The van der Waals surface area contributed by atoms with Gasteiger partial charge in [0.2, 0.25) is 0 Å². The third-order valence-corrected chi connectivity index (χ3v) is 4.06. The summed E-state index contributed by atoms with van der Waals surface area (Å²) in [6.07, 6.45) is 1.18. The van der Waals surface area contributed by atoms with E-state index in [1.54, 1.807) is 0 Å². The molecule has 0 aromatic heterocycles. The Morgan fingerprint density at radius 3 is 2.72 bits per heavy atom. The lowest BCUT2D eigenvalue weighted by Gasteiger charge is -2.11.